The molecule has 5 heteroatoms. The Labute approximate surface area is 96.5 Å². The van der Waals surface area contributed by atoms with Gasteiger partial charge in [0.2, 0.25) is 0 Å². The van der Waals surface area contributed by atoms with Crippen molar-refractivity contribution in [3.63, 3.8) is 0 Å². The van der Waals surface area contributed by atoms with E-state index in [2.05, 4.69) is 4.37 Å². The van der Waals surface area contributed by atoms with Crippen molar-refractivity contribution in [1.82, 2.24) is 4.37 Å². The van der Waals surface area contributed by atoms with Gasteiger partial charge in [-0.3, -0.25) is 0 Å². The molecular formula is C11H10N2O2S. The molecule has 0 radical (unpaired) electrons. The van der Waals surface area contributed by atoms with Crippen LogP contribution >= 0.6 is 11.5 Å². The van der Waals surface area contributed by atoms with Gasteiger partial charge < -0.3 is 10.8 Å². The van der Waals surface area contributed by atoms with Crippen LogP contribution in [0.3, 0.4) is 0 Å². The number of nitrogens with two attached hydrogens (primary N) is 1. The van der Waals surface area contributed by atoms with E-state index in [4.69, 9.17) is 10.8 Å². The smallest absolute Gasteiger partial charge is 0.339 e. The average Bonchev–Trinajstić information content (AvgIpc) is 2.60. The quantitative estimate of drug-likeness (QED) is 0.782. The summed E-state index contributed by atoms with van der Waals surface area (Å²) in [4.78, 5) is 11.8. The maximum atomic E-state index is 11.1. The third kappa shape index (κ3) is 1.77. The summed E-state index contributed by atoms with van der Waals surface area (Å²) in [6.07, 6.45) is 0. The zero-order valence-electron chi connectivity index (χ0n) is 8.60. The van der Waals surface area contributed by atoms with Crippen LogP contribution in [0, 0.1) is 6.92 Å². The van der Waals surface area contributed by atoms with E-state index in [1.807, 2.05) is 0 Å². The monoisotopic (exact) mass is 234 g/mol. The summed E-state index contributed by atoms with van der Waals surface area (Å²) in [7, 11) is 0. The molecule has 4 nitrogen and oxygen atoms in total. The zero-order valence-corrected chi connectivity index (χ0v) is 9.41. The summed E-state index contributed by atoms with van der Waals surface area (Å²) in [5.41, 5.74) is 7.74. The fraction of sp³-hybridized carbons (Fsp3) is 0.0909. The molecule has 0 aliphatic heterocycles. The van der Waals surface area contributed by atoms with E-state index < -0.39 is 5.97 Å². The standard InChI is InChI=1S/C11H10N2O2S/c1-6-9(11(14)15)10(13-16-6)7-3-2-4-8(12)5-7/h2-5H,12H2,1H3,(H,14,15). The molecule has 1 aromatic heterocycles. The zero-order chi connectivity index (χ0) is 11.7. The van der Waals surface area contributed by atoms with Crippen LogP contribution < -0.4 is 5.73 Å². The van der Waals surface area contributed by atoms with Gasteiger partial charge in [0.25, 0.3) is 0 Å². The molecule has 0 unspecified atom stereocenters. The van der Waals surface area contributed by atoms with Crippen molar-refractivity contribution >= 4 is 23.2 Å². The fourth-order valence-electron chi connectivity index (χ4n) is 1.51. The van der Waals surface area contributed by atoms with Gasteiger partial charge in [-0.1, -0.05) is 12.1 Å². The van der Waals surface area contributed by atoms with Gasteiger partial charge >= 0.3 is 5.97 Å². The number of benzene rings is 1. The average molecular weight is 234 g/mol. The van der Waals surface area contributed by atoms with Crippen molar-refractivity contribution in [2.24, 2.45) is 0 Å². The van der Waals surface area contributed by atoms with E-state index in [9.17, 15) is 4.79 Å². The second-order valence-electron chi connectivity index (χ2n) is 3.39. The first kappa shape index (κ1) is 10.6. The summed E-state index contributed by atoms with van der Waals surface area (Å²) in [6, 6.07) is 7.06. The molecule has 0 bridgehead atoms. The lowest BCUT2D eigenvalue weighted by Gasteiger charge is -2.00. The Kier molecular flexibility index (Phi) is 2.62. The summed E-state index contributed by atoms with van der Waals surface area (Å²) in [5, 5.41) is 9.10. The molecule has 0 saturated carbocycles. The molecule has 3 N–H and O–H groups in total. The highest BCUT2D eigenvalue weighted by Crippen LogP contribution is 2.28. The van der Waals surface area contributed by atoms with Gasteiger partial charge in [-0.15, -0.1) is 0 Å². The molecule has 0 spiro atoms. The Morgan fingerprint density at radius 2 is 2.25 bits per heavy atom. The molecule has 16 heavy (non-hydrogen) atoms. The van der Waals surface area contributed by atoms with Gasteiger partial charge in [-0.2, -0.15) is 4.37 Å². The Morgan fingerprint density at radius 1 is 1.50 bits per heavy atom. The summed E-state index contributed by atoms with van der Waals surface area (Å²) in [5.74, 6) is -0.955. The predicted molar refractivity (Wildman–Crippen MR) is 63.7 cm³/mol. The highest BCUT2D eigenvalue weighted by Gasteiger charge is 2.18. The second kappa shape index (κ2) is 3.94. The van der Waals surface area contributed by atoms with E-state index in [0.717, 1.165) is 5.56 Å². The minimum Gasteiger partial charge on any atom is -0.478 e. The summed E-state index contributed by atoms with van der Waals surface area (Å²) in [6.45, 7) is 1.75. The van der Waals surface area contributed by atoms with Crippen molar-refractivity contribution in [1.29, 1.82) is 0 Å². The minimum absolute atomic E-state index is 0.260. The van der Waals surface area contributed by atoms with Crippen molar-refractivity contribution in [2.45, 2.75) is 6.92 Å². The Bertz CT molecular complexity index is 549. The van der Waals surface area contributed by atoms with Crippen LogP contribution in [0.1, 0.15) is 15.2 Å². The minimum atomic E-state index is -0.955. The number of rotatable bonds is 2. The summed E-state index contributed by atoms with van der Waals surface area (Å²) < 4.78 is 4.15. The lowest BCUT2D eigenvalue weighted by molar-refractivity contribution is 0.0697. The molecule has 0 fully saturated rings. The van der Waals surface area contributed by atoms with E-state index in [0.29, 0.717) is 16.3 Å². The molecule has 0 atom stereocenters. The number of carbonyl (C=O) groups is 1. The first-order valence-electron chi connectivity index (χ1n) is 4.65. The number of hydrogen-bond donors (Lipinski definition) is 2. The molecule has 2 rings (SSSR count). The highest BCUT2D eigenvalue weighted by molar-refractivity contribution is 7.06. The predicted octanol–water partition coefficient (Wildman–Crippen LogP) is 2.40. The third-order valence-electron chi connectivity index (χ3n) is 2.24. The van der Waals surface area contributed by atoms with Gasteiger partial charge in [0.05, 0.1) is 5.69 Å². The first-order valence-corrected chi connectivity index (χ1v) is 5.42. The molecular weight excluding hydrogens is 224 g/mol. The molecule has 0 aliphatic carbocycles. The second-order valence-corrected chi connectivity index (χ2v) is 4.37. The number of nitrogens with zero attached hydrogens (tertiary/aromatic N) is 1. The maximum Gasteiger partial charge on any atom is 0.339 e. The maximum absolute atomic E-state index is 11.1. The number of aromatic nitrogens is 1. The van der Waals surface area contributed by atoms with E-state index in [1.165, 1.54) is 11.5 Å². The van der Waals surface area contributed by atoms with Gasteiger partial charge in [0.1, 0.15) is 5.56 Å². The normalized spacial score (nSPS) is 10.3. The molecule has 1 aromatic carbocycles. The van der Waals surface area contributed by atoms with Gasteiger partial charge in [-0.25, -0.2) is 4.79 Å². The number of nitrogen functional groups attached to an aromatic ring is 1. The van der Waals surface area contributed by atoms with Gasteiger partial charge in [0, 0.05) is 16.1 Å². The highest BCUT2D eigenvalue weighted by atomic mass is 32.1. The molecule has 82 valence electrons. The van der Waals surface area contributed by atoms with Crippen LogP contribution in [0.25, 0.3) is 11.3 Å². The van der Waals surface area contributed by atoms with E-state index in [1.54, 1.807) is 31.2 Å². The van der Waals surface area contributed by atoms with Crippen molar-refractivity contribution in [3.8, 4) is 11.3 Å². The number of carboxylic acid groups (broad SMARTS) is 1. The SMILES string of the molecule is Cc1snc(-c2cccc(N)c2)c1C(=O)O. The number of aromatic carboxylic acids is 1. The molecule has 2 aromatic rings. The topological polar surface area (TPSA) is 76.2 Å². The Balaban J connectivity index is 2.60. The Hall–Kier alpha value is -1.88. The lowest BCUT2D eigenvalue weighted by Crippen LogP contribution is -1.99. The molecule has 0 amide bonds. The van der Waals surface area contributed by atoms with Crippen LogP contribution in [-0.4, -0.2) is 15.4 Å². The molecule has 1 heterocycles. The number of hydrogen-bond acceptors (Lipinski definition) is 4. The van der Waals surface area contributed by atoms with Crippen molar-refractivity contribution in [3.05, 3.63) is 34.7 Å². The summed E-state index contributed by atoms with van der Waals surface area (Å²) >= 11 is 1.19. The van der Waals surface area contributed by atoms with Gasteiger partial charge in [0.15, 0.2) is 0 Å². The third-order valence-corrected chi connectivity index (χ3v) is 2.99. The van der Waals surface area contributed by atoms with Crippen LogP contribution in [0.2, 0.25) is 0 Å². The molecule has 0 saturated heterocycles. The Morgan fingerprint density at radius 3 is 2.88 bits per heavy atom. The number of anilines is 1. The fourth-order valence-corrected chi connectivity index (χ4v) is 2.21. The largest absolute Gasteiger partial charge is 0.478 e. The van der Waals surface area contributed by atoms with Crippen LogP contribution in [-0.2, 0) is 0 Å². The van der Waals surface area contributed by atoms with Crippen molar-refractivity contribution < 1.29 is 9.90 Å². The first-order chi connectivity index (χ1) is 7.59. The number of carboxylic acids is 1. The van der Waals surface area contributed by atoms with Crippen LogP contribution in [0.4, 0.5) is 5.69 Å². The number of aryl methyl sites for hydroxylation is 1. The lowest BCUT2D eigenvalue weighted by atomic mass is 10.1. The van der Waals surface area contributed by atoms with Crippen LogP contribution in [0.5, 0.6) is 0 Å². The van der Waals surface area contributed by atoms with Gasteiger partial charge in [-0.05, 0) is 30.6 Å². The van der Waals surface area contributed by atoms with Crippen molar-refractivity contribution in [2.75, 3.05) is 5.73 Å². The van der Waals surface area contributed by atoms with E-state index in [-0.39, 0.29) is 5.56 Å². The van der Waals surface area contributed by atoms with Crippen LogP contribution in [0.15, 0.2) is 24.3 Å². The molecule has 0 aliphatic rings. The van der Waals surface area contributed by atoms with E-state index >= 15 is 0 Å².